The standard InChI is InChI=1S/C8H13.C8H12/c2*1-7-3-5-8(2)6-4-7/h5,7H,1,3-4,6H2,2H3;3,5,8H,1,4,6H2,2H3. The first-order valence-electron chi connectivity index (χ1n) is 6.42. The van der Waals surface area contributed by atoms with Crippen LogP contribution in [0.1, 0.15) is 46.0 Å². The van der Waals surface area contributed by atoms with Gasteiger partial charge in [-0.15, -0.1) is 0 Å². The van der Waals surface area contributed by atoms with Gasteiger partial charge in [-0.3, -0.25) is 0 Å². The molecule has 0 saturated carbocycles. The second-order valence-electron chi connectivity index (χ2n) is 5.22. The Bertz CT molecular complexity index is 280. The summed E-state index contributed by atoms with van der Waals surface area (Å²) in [4.78, 5) is 0. The monoisotopic (exact) mass is 217 g/mol. The Kier molecular flexibility index (Phi) is 5.59. The van der Waals surface area contributed by atoms with E-state index in [9.17, 15) is 0 Å². The van der Waals surface area contributed by atoms with Gasteiger partial charge in [0.25, 0.3) is 0 Å². The van der Waals surface area contributed by atoms with Crippen LogP contribution >= 0.6 is 0 Å². The molecule has 0 spiro atoms. The molecule has 0 aromatic carbocycles. The van der Waals surface area contributed by atoms with E-state index in [2.05, 4.69) is 45.6 Å². The predicted molar refractivity (Wildman–Crippen MR) is 73.1 cm³/mol. The fourth-order valence-electron chi connectivity index (χ4n) is 1.91. The molecule has 0 aromatic rings. The van der Waals surface area contributed by atoms with Crippen LogP contribution in [0.4, 0.5) is 0 Å². The lowest BCUT2D eigenvalue weighted by atomic mass is 9.92. The molecule has 16 heavy (non-hydrogen) atoms. The molecule has 0 aromatic heterocycles. The first-order chi connectivity index (χ1) is 7.58. The zero-order valence-corrected chi connectivity index (χ0v) is 10.8. The van der Waals surface area contributed by atoms with Crippen molar-refractivity contribution >= 4 is 0 Å². The SMILES string of the molecule is C=C1C=CC(C)CC1.[CH2]C1CC=C(C)CC1. The molecule has 0 saturated heterocycles. The van der Waals surface area contributed by atoms with E-state index >= 15 is 0 Å². The van der Waals surface area contributed by atoms with Crippen LogP contribution in [0.2, 0.25) is 0 Å². The molecule has 0 fully saturated rings. The maximum atomic E-state index is 3.99. The van der Waals surface area contributed by atoms with Crippen LogP contribution in [0.15, 0.2) is 36.0 Å². The van der Waals surface area contributed by atoms with E-state index < -0.39 is 0 Å². The van der Waals surface area contributed by atoms with E-state index in [1.165, 1.54) is 37.7 Å². The topological polar surface area (TPSA) is 0 Å². The van der Waals surface area contributed by atoms with Gasteiger partial charge in [-0.2, -0.15) is 0 Å². The van der Waals surface area contributed by atoms with E-state index in [0.29, 0.717) is 5.92 Å². The first-order valence-corrected chi connectivity index (χ1v) is 6.42. The van der Waals surface area contributed by atoms with E-state index in [1.807, 2.05) is 0 Å². The molecule has 0 nitrogen and oxygen atoms in total. The van der Waals surface area contributed by atoms with Crippen LogP contribution in [0, 0.1) is 18.8 Å². The second kappa shape index (κ2) is 6.73. The molecule has 2 unspecified atom stereocenters. The Morgan fingerprint density at radius 3 is 2.38 bits per heavy atom. The van der Waals surface area contributed by atoms with Gasteiger partial charge >= 0.3 is 0 Å². The molecule has 0 heterocycles. The number of allylic oxidation sites excluding steroid dienone is 5. The van der Waals surface area contributed by atoms with Crippen molar-refractivity contribution in [1.29, 1.82) is 0 Å². The third-order valence-corrected chi connectivity index (χ3v) is 3.33. The summed E-state index contributed by atoms with van der Waals surface area (Å²) in [5, 5.41) is 0. The maximum Gasteiger partial charge on any atom is -0.0256 e. The molecule has 2 aliphatic rings. The summed E-state index contributed by atoms with van der Waals surface area (Å²) < 4.78 is 0. The number of rotatable bonds is 0. The summed E-state index contributed by atoms with van der Waals surface area (Å²) >= 11 is 0. The van der Waals surface area contributed by atoms with Crippen molar-refractivity contribution in [3.63, 3.8) is 0 Å². The van der Waals surface area contributed by atoms with Gasteiger partial charge in [-0.05, 0) is 57.8 Å². The smallest absolute Gasteiger partial charge is 0.0256 e. The summed E-state index contributed by atoms with van der Waals surface area (Å²) in [5.74, 6) is 1.47. The van der Waals surface area contributed by atoms with Crippen molar-refractivity contribution in [2.24, 2.45) is 11.8 Å². The van der Waals surface area contributed by atoms with Gasteiger partial charge in [-0.1, -0.05) is 42.9 Å². The second-order valence-corrected chi connectivity index (χ2v) is 5.22. The molecule has 0 aliphatic heterocycles. The summed E-state index contributed by atoms with van der Waals surface area (Å²) in [7, 11) is 0. The predicted octanol–water partition coefficient (Wildman–Crippen LogP) is 5.10. The Balaban J connectivity index is 0.000000160. The lowest BCUT2D eigenvalue weighted by Gasteiger charge is -2.14. The van der Waals surface area contributed by atoms with Crippen molar-refractivity contribution in [3.05, 3.63) is 42.9 Å². The molecule has 2 atom stereocenters. The van der Waals surface area contributed by atoms with Gasteiger partial charge in [0, 0.05) is 0 Å². The fourth-order valence-corrected chi connectivity index (χ4v) is 1.91. The lowest BCUT2D eigenvalue weighted by molar-refractivity contribution is 0.564. The average Bonchev–Trinajstić information content (AvgIpc) is 2.28. The van der Waals surface area contributed by atoms with E-state index in [-0.39, 0.29) is 0 Å². The summed E-state index contributed by atoms with van der Waals surface area (Å²) in [5.41, 5.74) is 2.83. The molecule has 0 N–H and O–H groups in total. The Labute approximate surface area is 101 Å². The van der Waals surface area contributed by atoms with Gasteiger partial charge in [0.1, 0.15) is 0 Å². The molecule has 0 bridgehead atoms. The molecule has 0 heteroatoms. The largest absolute Gasteiger partial charge is 0.0958 e. The zero-order chi connectivity index (χ0) is 12.0. The molecule has 2 rings (SSSR count). The molecule has 89 valence electrons. The van der Waals surface area contributed by atoms with Gasteiger partial charge in [0.15, 0.2) is 0 Å². The van der Waals surface area contributed by atoms with Crippen LogP contribution in [0.25, 0.3) is 0 Å². The zero-order valence-electron chi connectivity index (χ0n) is 10.8. The van der Waals surface area contributed by atoms with Gasteiger partial charge in [0.05, 0.1) is 0 Å². The highest BCUT2D eigenvalue weighted by atomic mass is 14.1. The molecular weight excluding hydrogens is 192 g/mol. The minimum atomic E-state index is 0.693. The van der Waals surface area contributed by atoms with Crippen LogP contribution in [-0.4, -0.2) is 0 Å². The highest BCUT2D eigenvalue weighted by molar-refractivity contribution is 5.18. The Hall–Kier alpha value is -0.780. The van der Waals surface area contributed by atoms with Gasteiger partial charge in [-0.25, -0.2) is 0 Å². The number of hydrogen-bond donors (Lipinski definition) is 0. The van der Waals surface area contributed by atoms with Crippen LogP contribution in [0.5, 0.6) is 0 Å². The van der Waals surface area contributed by atoms with Gasteiger partial charge < -0.3 is 0 Å². The summed E-state index contributed by atoms with van der Waals surface area (Å²) in [6.45, 7) is 12.3. The third kappa shape index (κ3) is 5.34. The Morgan fingerprint density at radius 2 is 2.00 bits per heavy atom. The van der Waals surface area contributed by atoms with E-state index in [0.717, 1.165) is 5.92 Å². The van der Waals surface area contributed by atoms with Crippen LogP contribution < -0.4 is 0 Å². The summed E-state index contributed by atoms with van der Waals surface area (Å²) in [6, 6.07) is 0. The molecule has 1 radical (unpaired) electrons. The van der Waals surface area contributed by atoms with E-state index in [4.69, 9.17) is 0 Å². The third-order valence-electron chi connectivity index (χ3n) is 3.33. The lowest BCUT2D eigenvalue weighted by Crippen LogP contribution is -1.99. The van der Waals surface area contributed by atoms with Crippen molar-refractivity contribution in [3.8, 4) is 0 Å². The molecule has 0 amide bonds. The van der Waals surface area contributed by atoms with Crippen LogP contribution in [0.3, 0.4) is 0 Å². The van der Waals surface area contributed by atoms with Crippen LogP contribution in [-0.2, 0) is 0 Å². The molecule has 2 aliphatic carbocycles. The highest BCUT2D eigenvalue weighted by Gasteiger charge is 2.05. The fraction of sp³-hybridized carbons (Fsp3) is 0.562. The van der Waals surface area contributed by atoms with Crippen molar-refractivity contribution < 1.29 is 0 Å². The van der Waals surface area contributed by atoms with Crippen molar-refractivity contribution in [2.75, 3.05) is 0 Å². The average molecular weight is 217 g/mol. The minimum Gasteiger partial charge on any atom is -0.0958 e. The quantitative estimate of drug-likeness (QED) is 0.495. The molecular formula is C16H25. The normalized spacial score (nSPS) is 29.2. The maximum absolute atomic E-state index is 3.99. The minimum absolute atomic E-state index is 0.693. The van der Waals surface area contributed by atoms with Crippen molar-refractivity contribution in [1.82, 2.24) is 0 Å². The Morgan fingerprint density at radius 1 is 1.25 bits per heavy atom. The van der Waals surface area contributed by atoms with Gasteiger partial charge in [0.2, 0.25) is 0 Å². The highest BCUT2D eigenvalue weighted by Crippen LogP contribution is 2.21. The summed E-state index contributed by atoms with van der Waals surface area (Å²) in [6.07, 6.45) is 12.9. The number of hydrogen-bond acceptors (Lipinski definition) is 0. The van der Waals surface area contributed by atoms with Crippen molar-refractivity contribution in [2.45, 2.75) is 46.0 Å². The van der Waals surface area contributed by atoms with E-state index in [1.54, 1.807) is 5.57 Å². The first kappa shape index (κ1) is 13.3.